The van der Waals surface area contributed by atoms with Crippen molar-refractivity contribution in [1.82, 2.24) is 0 Å². The van der Waals surface area contributed by atoms with Crippen LogP contribution in [0.5, 0.6) is 0 Å². The lowest BCUT2D eigenvalue weighted by Crippen LogP contribution is -2.28. The molecule has 0 saturated carbocycles. The van der Waals surface area contributed by atoms with E-state index in [1.807, 2.05) is 25.5 Å². The first-order valence-electron chi connectivity index (χ1n) is 16.9. The van der Waals surface area contributed by atoms with Gasteiger partial charge in [-0.15, -0.1) is 0 Å². The molecule has 0 fully saturated rings. The maximum absolute atomic E-state index is 12.7. The molecule has 0 N–H and O–H groups in total. The highest BCUT2D eigenvalue weighted by atomic mass is 31.2. The van der Waals surface area contributed by atoms with E-state index in [0.717, 1.165) is 10.9 Å². The lowest BCUT2D eigenvalue weighted by molar-refractivity contribution is 0.588. The van der Waals surface area contributed by atoms with Crippen molar-refractivity contribution in [2.24, 2.45) is 0 Å². The summed E-state index contributed by atoms with van der Waals surface area (Å²) in [4.78, 5) is 0. The molecule has 2 heteroatoms. The second-order valence-electron chi connectivity index (χ2n) is 13.6. The number of benzene rings is 8. The van der Waals surface area contributed by atoms with Gasteiger partial charge in [0.05, 0.1) is 5.41 Å². The number of hydrogen-bond acceptors (Lipinski definition) is 1. The van der Waals surface area contributed by atoms with Crippen LogP contribution < -0.4 is 5.30 Å². The first kappa shape index (κ1) is 29.6. The average Bonchev–Trinajstić information content (AvgIpc) is 3.43. The summed E-state index contributed by atoms with van der Waals surface area (Å²) < 4.78 is 12.7. The van der Waals surface area contributed by atoms with E-state index in [9.17, 15) is 4.57 Å². The lowest BCUT2D eigenvalue weighted by Gasteiger charge is -2.34. The molecule has 1 aliphatic carbocycles. The summed E-state index contributed by atoms with van der Waals surface area (Å²) in [7, 11) is -2.32. The highest BCUT2D eigenvalue weighted by molar-refractivity contribution is 7.70. The van der Waals surface area contributed by atoms with Crippen LogP contribution in [0, 0.1) is 0 Å². The van der Waals surface area contributed by atoms with Crippen LogP contribution in [0.25, 0.3) is 54.9 Å². The monoisotopic (exact) mass is 646 g/mol. The van der Waals surface area contributed by atoms with E-state index in [1.165, 1.54) is 71.6 Å². The molecule has 1 nitrogen and oxygen atoms in total. The fraction of sp³-hybridized carbons (Fsp3) is 0.0638. The summed E-state index contributed by atoms with van der Waals surface area (Å²) in [5.74, 6) is 0. The maximum Gasteiger partial charge on any atom is 0.109 e. The molecule has 0 saturated heterocycles. The summed E-state index contributed by atoms with van der Waals surface area (Å²) in [6.07, 6.45) is 0. The molecule has 9 rings (SSSR count). The lowest BCUT2D eigenvalue weighted by atomic mass is 9.67. The van der Waals surface area contributed by atoms with Gasteiger partial charge < -0.3 is 4.57 Å². The highest BCUT2D eigenvalue weighted by Crippen LogP contribution is 2.57. The average molecular weight is 647 g/mol. The molecule has 0 radical (unpaired) electrons. The molecule has 49 heavy (non-hydrogen) atoms. The minimum Gasteiger partial charge on any atom is -0.319 e. The molecule has 0 bridgehead atoms. The first-order chi connectivity index (χ1) is 23.9. The van der Waals surface area contributed by atoms with E-state index in [4.69, 9.17) is 0 Å². The van der Waals surface area contributed by atoms with Gasteiger partial charge in [0.2, 0.25) is 0 Å². The van der Waals surface area contributed by atoms with Gasteiger partial charge in [-0.05, 0) is 109 Å². The zero-order chi connectivity index (χ0) is 33.2. The van der Waals surface area contributed by atoms with Gasteiger partial charge in [-0.3, -0.25) is 0 Å². The SMILES string of the molecule is CP(C)(=O)c1ccc(-c2ccc(-c3ccc4c(c3)-c3cc5ccccc5cc3C4(c3ccccc3)c3ccccc3)c3ccccc23)cc1. The van der Waals surface area contributed by atoms with Gasteiger partial charge >= 0.3 is 0 Å². The van der Waals surface area contributed by atoms with Crippen LogP contribution in [0.2, 0.25) is 0 Å². The van der Waals surface area contributed by atoms with E-state index in [0.29, 0.717) is 0 Å². The second-order valence-corrected chi connectivity index (χ2v) is 16.8. The Kier molecular flexibility index (Phi) is 6.83. The third kappa shape index (κ3) is 4.65. The molecular formula is C47H35OP. The smallest absolute Gasteiger partial charge is 0.109 e. The van der Waals surface area contributed by atoms with Gasteiger partial charge in [0.1, 0.15) is 7.14 Å². The quantitative estimate of drug-likeness (QED) is 0.170. The standard InChI is InChI=1S/C47H35OP/c1-49(2,48)38-24-21-32(22-25-38)39-26-27-40(42-20-12-11-19-41(39)42)35-23-28-45-43(30-35)44-29-33-13-9-10-14-34(33)31-46(44)47(45,36-15-5-3-6-16-36)37-17-7-4-8-18-37/h3-31H,1-2H3. The molecule has 0 aromatic heterocycles. The zero-order valence-electron chi connectivity index (χ0n) is 27.6. The molecular weight excluding hydrogens is 611 g/mol. The Bertz CT molecular complexity index is 2540. The van der Waals surface area contributed by atoms with Crippen molar-refractivity contribution in [2.45, 2.75) is 5.41 Å². The normalized spacial score (nSPS) is 13.3. The van der Waals surface area contributed by atoms with Crippen LogP contribution in [0.1, 0.15) is 22.3 Å². The van der Waals surface area contributed by atoms with Crippen LogP contribution in [-0.2, 0) is 9.98 Å². The topological polar surface area (TPSA) is 17.1 Å². The predicted octanol–water partition coefficient (Wildman–Crippen LogP) is 11.9. The van der Waals surface area contributed by atoms with E-state index in [-0.39, 0.29) is 0 Å². The van der Waals surface area contributed by atoms with Crippen LogP contribution >= 0.6 is 7.14 Å². The summed E-state index contributed by atoms with van der Waals surface area (Å²) in [5.41, 5.74) is 12.0. The van der Waals surface area contributed by atoms with Crippen molar-refractivity contribution in [1.29, 1.82) is 0 Å². The molecule has 234 valence electrons. The molecule has 0 unspecified atom stereocenters. The summed E-state index contributed by atoms with van der Waals surface area (Å²) in [6.45, 7) is 3.65. The largest absolute Gasteiger partial charge is 0.319 e. The Morgan fingerprint density at radius 2 is 0.898 bits per heavy atom. The Morgan fingerprint density at radius 3 is 1.49 bits per heavy atom. The van der Waals surface area contributed by atoms with Crippen LogP contribution in [-0.4, -0.2) is 13.3 Å². The van der Waals surface area contributed by atoms with Gasteiger partial charge in [0.25, 0.3) is 0 Å². The molecule has 0 amide bonds. The molecule has 8 aromatic carbocycles. The predicted molar refractivity (Wildman–Crippen MR) is 209 cm³/mol. The van der Waals surface area contributed by atoms with Crippen LogP contribution in [0.3, 0.4) is 0 Å². The number of rotatable bonds is 5. The van der Waals surface area contributed by atoms with Gasteiger partial charge in [0.15, 0.2) is 0 Å². The summed E-state index contributed by atoms with van der Waals surface area (Å²) in [6, 6.07) is 64.2. The van der Waals surface area contributed by atoms with Gasteiger partial charge in [-0.25, -0.2) is 0 Å². The molecule has 0 heterocycles. The fourth-order valence-electron chi connectivity index (χ4n) is 8.15. The van der Waals surface area contributed by atoms with Crippen molar-refractivity contribution in [2.75, 3.05) is 13.3 Å². The third-order valence-electron chi connectivity index (χ3n) is 10.5. The van der Waals surface area contributed by atoms with E-state index < -0.39 is 12.6 Å². The van der Waals surface area contributed by atoms with Gasteiger partial charge in [-0.2, -0.15) is 0 Å². The molecule has 0 atom stereocenters. The first-order valence-corrected chi connectivity index (χ1v) is 19.5. The maximum atomic E-state index is 12.7. The Balaban J connectivity index is 1.29. The van der Waals surface area contributed by atoms with Gasteiger partial charge in [-0.1, -0.05) is 158 Å². The molecule has 1 aliphatic rings. The molecule has 0 aliphatic heterocycles. The zero-order valence-corrected chi connectivity index (χ0v) is 28.5. The van der Waals surface area contributed by atoms with Crippen molar-refractivity contribution >= 4 is 34.0 Å². The second kappa shape index (κ2) is 11.3. The van der Waals surface area contributed by atoms with Crippen LogP contribution in [0.15, 0.2) is 176 Å². The summed E-state index contributed by atoms with van der Waals surface area (Å²) in [5, 5.41) is 5.83. The highest BCUT2D eigenvalue weighted by Gasteiger charge is 2.46. The van der Waals surface area contributed by atoms with Gasteiger partial charge in [0, 0.05) is 5.30 Å². The Morgan fingerprint density at radius 1 is 0.408 bits per heavy atom. The van der Waals surface area contributed by atoms with Crippen molar-refractivity contribution in [3.8, 4) is 33.4 Å². The Hall–Kier alpha value is -5.49. The van der Waals surface area contributed by atoms with E-state index in [1.54, 1.807) is 0 Å². The molecule has 0 spiro atoms. The minimum absolute atomic E-state index is 0.450. The fourth-order valence-corrected chi connectivity index (χ4v) is 9.01. The summed E-state index contributed by atoms with van der Waals surface area (Å²) >= 11 is 0. The van der Waals surface area contributed by atoms with E-state index >= 15 is 0 Å². The van der Waals surface area contributed by atoms with Crippen molar-refractivity contribution in [3.05, 3.63) is 198 Å². The molecule has 8 aromatic rings. The van der Waals surface area contributed by atoms with E-state index in [2.05, 4.69) is 164 Å². The number of fused-ring (bicyclic) bond motifs is 5. The van der Waals surface area contributed by atoms with Crippen molar-refractivity contribution in [3.63, 3.8) is 0 Å². The third-order valence-corrected chi connectivity index (χ3v) is 12.0. The van der Waals surface area contributed by atoms with Crippen molar-refractivity contribution < 1.29 is 4.57 Å². The van der Waals surface area contributed by atoms with Crippen LogP contribution in [0.4, 0.5) is 0 Å². The number of hydrogen-bond donors (Lipinski definition) is 0. The Labute approximate surface area is 287 Å². The minimum atomic E-state index is -2.32.